The van der Waals surface area contributed by atoms with Gasteiger partial charge < -0.3 is 10.6 Å². The van der Waals surface area contributed by atoms with Crippen LogP contribution >= 0.6 is 0 Å². The molecular formula is C11H16F2N4. The van der Waals surface area contributed by atoms with Crippen molar-refractivity contribution >= 4 is 11.4 Å². The lowest BCUT2D eigenvalue weighted by atomic mass is 10.2. The Kier molecular flexibility index (Phi) is 3.73. The number of rotatable bonds is 3. The van der Waals surface area contributed by atoms with Crippen LogP contribution in [0.5, 0.6) is 0 Å². The van der Waals surface area contributed by atoms with Crippen LogP contribution in [0.4, 0.5) is 20.2 Å². The van der Waals surface area contributed by atoms with Crippen LogP contribution in [0, 0.1) is 0 Å². The van der Waals surface area contributed by atoms with Gasteiger partial charge in [-0.1, -0.05) is 0 Å². The SMILES string of the molecule is Nc1cnccc1N1CCN(CC(F)F)CC1. The molecule has 1 aromatic heterocycles. The van der Waals surface area contributed by atoms with Crippen molar-refractivity contribution in [1.29, 1.82) is 0 Å². The lowest BCUT2D eigenvalue weighted by molar-refractivity contribution is 0.0854. The third-order valence-electron chi connectivity index (χ3n) is 2.94. The molecule has 1 aliphatic rings. The molecule has 0 unspecified atom stereocenters. The van der Waals surface area contributed by atoms with E-state index in [0.29, 0.717) is 18.8 Å². The maximum atomic E-state index is 12.2. The molecule has 2 heterocycles. The lowest BCUT2D eigenvalue weighted by Gasteiger charge is -2.36. The third kappa shape index (κ3) is 3.03. The molecule has 0 spiro atoms. The molecule has 1 aromatic rings. The fourth-order valence-corrected chi connectivity index (χ4v) is 2.05. The van der Waals surface area contributed by atoms with Gasteiger partial charge in [0.05, 0.1) is 24.1 Å². The van der Waals surface area contributed by atoms with E-state index in [1.807, 2.05) is 6.07 Å². The molecule has 0 radical (unpaired) electrons. The Morgan fingerprint density at radius 2 is 2.00 bits per heavy atom. The molecule has 0 saturated carbocycles. The smallest absolute Gasteiger partial charge is 0.251 e. The van der Waals surface area contributed by atoms with Gasteiger partial charge in [0, 0.05) is 32.4 Å². The predicted octanol–water partition coefficient (Wildman–Crippen LogP) is 1.05. The van der Waals surface area contributed by atoms with Gasteiger partial charge in [-0.05, 0) is 6.07 Å². The fourth-order valence-electron chi connectivity index (χ4n) is 2.05. The zero-order valence-corrected chi connectivity index (χ0v) is 9.52. The van der Waals surface area contributed by atoms with Crippen LogP contribution in [0.3, 0.4) is 0 Å². The van der Waals surface area contributed by atoms with Gasteiger partial charge in [0.1, 0.15) is 0 Å². The maximum absolute atomic E-state index is 12.2. The molecule has 1 fully saturated rings. The van der Waals surface area contributed by atoms with Crippen LogP contribution in [0.1, 0.15) is 0 Å². The molecule has 0 bridgehead atoms. The summed E-state index contributed by atoms with van der Waals surface area (Å²) in [5.41, 5.74) is 7.40. The van der Waals surface area contributed by atoms with Gasteiger partial charge in [-0.2, -0.15) is 0 Å². The Balaban J connectivity index is 1.93. The first-order valence-electron chi connectivity index (χ1n) is 5.62. The number of piperazine rings is 1. The molecule has 0 atom stereocenters. The van der Waals surface area contributed by atoms with E-state index < -0.39 is 6.43 Å². The van der Waals surface area contributed by atoms with Crippen LogP contribution in [0.15, 0.2) is 18.5 Å². The monoisotopic (exact) mass is 242 g/mol. The normalized spacial score (nSPS) is 17.7. The second-order valence-corrected chi connectivity index (χ2v) is 4.11. The number of halogens is 2. The van der Waals surface area contributed by atoms with Crippen molar-refractivity contribution in [2.24, 2.45) is 0 Å². The Labute approximate surface area is 99.0 Å². The summed E-state index contributed by atoms with van der Waals surface area (Å²) < 4.78 is 24.4. The average Bonchev–Trinajstić information content (AvgIpc) is 2.30. The molecule has 0 amide bonds. The van der Waals surface area contributed by atoms with Gasteiger partial charge in [-0.25, -0.2) is 8.78 Å². The molecule has 2 N–H and O–H groups in total. The molecule has 2 rings (SSSR count). The first kappa shape index (κ1) is 12.0. The molecule has 6 heteroatoms. The van der Waals surface area contributed by atoms with Crippen molar-refractivity contribution in [3.63, 3.8) is 0 Å². The Morgan fingerprint density at radius 3 is 2.59 bits per heavy atom. The van der Waals surface area contributed by atoms with Gasteiger partial charge in [0.15, 0.2) is 0 Å². The van der Waals surface area contributed by atoms with Crippen molar-refractivity contribution in [2.45, 2.75) is 6.43 Å². The molecule has 17 heavy (non-hydrogen) atoms. The van der Waals surface area contributed by atoms with Crippen LogP contribution < -0.4 is 10.6 Å². The number of alkyl halides is 2. The summed E-state index contributed by atoms with van der Waals surface area (Å²) in [5.74, 6) is 0. The Morgan fingerprint density at radius 1 is 1.29 bits per heavy atom. The van der Waals surface area contributed by atoms with Crippen molar-refractivity contribution in [1.82, 2.24) is 9.88 Å². The highest BCUT2D eigenvalue weighted by Gasteiger charge is 2.20. The molecule has 0 aliphatic carbocycles. The topological polar surface area (TPSA) is 45.4 Å². The first-order valence-corrected chi connectivity index (χ1v) is 5.62. The van der Waals surface area contributed by atoms with Crippen LogP contribution in [-0.4, -0.2) is 49.0 Å². The Bertz CT molecular complexity index is 364. The van der Waals surface area contributed by atoms with E-state index in [9.17, 15) is 8.78 Å². The van der Waals surface area contributed by atoms with E-state index in [1.54, 1.807) is 17.3 Å². The molecule has 1 saturated heterocycles. The minimum atomic E-state index is -2.26. The zero-order chi connectivity index (χ0) is 12.3. The summed E-state index contributed by atoms with van der Waals surface area (Å²) in [4.78, 5) is 7.82. The number of nitrogens with two attached hydrogens (primary N) is 1. The van der Waals surface area contributed by atoms with Crippen molar-refractivity contribution in [3.8, 4) is 0 Å². The number of anilines is 2. The van der Waals surface area contributed by atoms with E-state index in [1.165, 1.54) is 0 Å². The number of hydrogen-bond acceptors (Lipinski definition) is 4. The van der Waals surface area contributed by atoms with Gasteiger partial charge in [0.2, 0.25) is 0 Å². The Hall–Kier alpha value is -1.43. The molecule has 0 aromatic carbocycles. The number of hydrogen-bond donors (Lipinski definition) is 1. The summed E-state index contributed by atoms with van der Waals surface area (Å²) in [5, 5.41) is 0. The van der Waals surface area contributed by atoms with Crippen molar-refractivity contribution < 1.29 is 8.78 Å². The van der Waals surface area contributed by atoms with E-state index in [2.05, 4.69) is 9.88 Å². The van der Waals surface area contributed by atoms with Crippen LogP contribution in [0.2, 0.25) is 0 Å². The summed E-state index contributed by atoms with van der Waals surface area (Å²) in [6.45, 7) is 2.60. The summed E-state index contributed by atoms with van der Waals surface area (Å²) in [6.07, 6.45) is 1.05. The second kappa shape index (κ2) is 5.27. The lowest BCUT2D eigenvalue weighted by Crippen LogP contribution is -2.48. The number of nitrogens with zero attached hydrogens (tertiary/aromatic N) is 3. The minimum absolute atomic E-state index is 0.139. The molecule has 4 nitrogen and oxygen atoms in total. The second-order valence-electron chi connectivity index (χ2n) is 4.11. The van der Waals surface area contributed by atoms with E-state index >= 15 is 0 Å². The number of pyridine rings is 1. The van der Waals surface area contributed by atoms with Crippen molar-refractivity contribution in [2.75, 3.05) is 43.4 Å². The van der Waals surface area contributed by atoms with E-state index in [4.69, 9.17) is 5.73 Å². The third-order valence-corrected chi connectivity index (χ3v) is 2.94. The van der Waals surface area contributed by atoms with Crippen molar-refractivity contribution in [3.05, 3.63) is 18.5 Å². The summed E-state index contributed by atoms with van der Waals surface area (Å²) >= 11 is 0. The number of aromatic nitrogens is 1. The van der Waals surface area contributed by atoms with Gasteiger partial charge in [0.25, 0.3) is 6.43 Å². The van der Waals surface area contributed by atoms with Crippen LogP contribution in [0.25, 0.3) is 0 Å². The summed E-state index contributed by atoms with van der Waals surface area (Å²) in [6, 6.07) is 1.86. The zero-order valence-electron chi connectivity index (χ0n) is 9.52. The highest BCUT2D eigenvalue weighted by Crippen LogP contribution is 2.22. The summed E-state index contributed by atoms with van der Waals surface area (Å²) in [7, 11) is 0. The standard InChI is InChI=1S/C11H16F2N4/c12-11(13)8-16-3-5-17(6-4-16)10-1-2-15-7-9(10)14/h1-2,7,11H,3-6,8,14H2. The molecule has 1 aliphatic heterocycles. The minimum Gasteiger partial charge on any atom is -0.396 e. The predicted molar refractivity (Wildman–Crippen MR) is 63.3 cm³/mol. The van der Waals surface area contributed by atoms with Gasteiger partial charge in [-0.15, -0.1) is 0 Å². The maximum Gasteiger partial charge on any atom is 0.251 e. The van der Waals surface area contributed by atoms with Crippen LogP contribution in [-0.2, 0) is 0 Å². The van der Waals surface area contributed by atoms with Gasteiger partial charge >= 0.3 is 0 Å². The van der Waals surface area contributed by atoms with E-state index in [-0.39, 0.29) is 6.54 Å². The molecule has 94 valence electrons. The largest absolute Gasteiger partial charge is 0.396 e. The first-order chi connectivity index (χ1) is 8.16. The fraction of sp³-hybridized carbons (Fsp3) is 0.545. The van der Waals surface area contributed by atoms with E-state index in [0.717, 1.165) is 18.8 Å². The highest BCUT2D eigenvalue weighted by atomic mass is 19.3. The quantitative estimate of drug-likeness (QED) is 0.860. The van der Waals surface area contributed by atoms with Gasteiger partial charge in [-0.3, -0.25) is 9.88 Å². The highest BCUT2D eigenvalue weighted by molar-refractivity contribution is 5.66. The average molecular weight is 242 g/mol. The molecular weight excluding hydrogens is 226 g/mol. The number of nitrogen functional groups attached to an aromatic ring is 1.